The van der Waals surface area contributed by atoms with Crippen molar-refractivity contribution in [1.29, 1.82) is 0 Å². The predicted molar refractivity (Wildman–Crippen MR) is 115 cm³/mol. The highest BCUT2D eigenvalue weighted by atomic mass is 16.4. The highest BCUT2D eigenvalue weighted by Crippen LogP contribution is 2.20. The number of aliphatic carboxylic acids is 1. The van der Waals surface area contributed by atoms with Crippen molar-refractivity contribution in [1.82, 2.24) is 0 Å². The Morgan fingerprint density at radius 1 is 1.00 bits per heavy atom. The van der Waals surface area contributed by atoms with Crippen molar-refractivity contribution in [3.05, 3.63) is 53.6 Å². The molecule has 0 spiro atoms. The van der Waals surface area contributed by atoms with E-state index >= 15 is 0 Å². The summed E-state index contributed by atoms with van der Waals surface area (Å²) in [4.78, 5) is 10.6. The number of carboxylic acid groups (broad SMARTS) is 1. The molecule has 4 heteroatoms. The Hall–Kier alpha value is -1.91. The van der Waals surface area contributed by atoms with Crippen molar-refractivity contribution in [3.8, 4) is 0 Å². The summed E-state index contributed by atoms with van der Waals surface area (Å²) in [6.07, 6.45) is 15.5. The summed E-state index contributed by atoms with van der Waals surface area (Å²) < 4.78 is 0. The van der Waals surface area contributed by atoms with Crippen LogP contribution in [0.25, 0.3) is 6.08 Å². The maximum Gasteiger partial charge on any atom is 0.303 e. The van der Waals surface area contributed by atoms with E-state index in [4.69, 9.17) is 5.11 Å². The van der Waals surface area contributed by atoms with E-state index in [-0.39, 0.29) is 6.42 Å². The van der Waals surface area contributed by atoms with E-state index < -0.39 is 18.2 Å². The van der Waals surface area contributed by atoms with E-state index in [1.165, 1.54) is 32.1 Å². The minimum atomic E-state index is -0.839. The van der Waals surface area contributed by atoms with Gasteiger partial charge in [-0.1, -0.05) is 88.0 Å². The van der Waals surface area contributed by atoms with Gasteiger partial charge < -0.3 is 15.3 Å². The van der Waals surface area contributed by atoms with Crippen LogP contribution in [-0.4, -0.2) is 27.4 Å². The average molecular weight is 389 g/mol. The lowest BCUT2D eigenvalue weighted by atomic mass is 10.0. The van der Waals surface area contributed by atoms with Gasteiger partial charge in [-0.3, -0.25) is 4.79 Å². The molecule has 4 nitrogen and oxygen atoms in total. The van der Waals surface area contributed by atoms with Crippen molar-refractivity contribution >= 4 is 12.0 Å². The lowest BCUT2D eigenvalue weighted by molar-refractivity contribution is -0.137. The zero-order chi connectivity index (χ0) is 20.6. The Morgan fingerprint density at radius 3 is 2.50 bits per heavy atom. The largest absolute Gasteiger partial charge is 0.481 e. The van der Waals surface area contributed by atoms with Gasteiger partial charge in [0.25, 0.3) is 0 Å². The Kier molecular flexibility index (Phi) is 13.0. The summed E-state index contributed by atoms with van der Waals surface area (Å²) in [6.45, 7) is 2.21. The van der Waals surface area contributed by atoms with Crippen LogP contribution in [-0.2, 0) is 4.79 Å². The SMILES string of the molecule is CCCCCCCC[C@H](O)/C=C/C=C/c1cccc([C@@H](O)CCCC(=O)O)c1. The fraction of sp³-hybridized carbons (Fsp3) is 0.542. The number of benzene rings is 1. The van der Waals surface area contributed by atoms with Gasteiger partial charge >= 0.3 is 5.97 Å². The van der Waals surface area contributed by atoms with Crippen LogP contribution in [0.2, 0.25) is 0 Å². The molecule has 0 aromatic heterocycles. The van der Waals surface area contributed by atoms with E-state index in [2.05, 4.69) is 6.92 Å². The molecular formula is C24H36O4. The van der Waals surface area contributed by atoms with Crippen molar-refractivity contribution in [2.24, 2.45) is 0 Å². The average Bonchev–Trinajstić information content (AvgIpc) is 2.68. The molecule has 0 unspecified atom stereocenters. The molecule has 1 rings (SSSR count). The third-order valence-corrected chi connectivity index (χ3v) is 4.75. The van der Waals surface area contributed by atoms with Gasteiger partial charge in [0.15, 0.2) is 0 Å². The molecule has 0 aliphatic rings. The Labute approximate surface area is 169 Å². The fourth-order valence-electron chi connectivity index (χ4n) is 3.07. The third-order valence-electron chi connectivity index (χ3n) is 4.75. The Bertz CT molecular complexity index is 606. The summed E-state index contributed by atoms with van der Waals surface area (Å²) >= 11 is 0. The second-order valence-electron chi connectivity index (χ2n) is 7.34. The number of hydrogen-bond donors (Lipinski definition) is 3. The Balaban J connectivity index is 2.37. The maximum absolute atomic E-state index is 10.6. The molecule has 0 saturated heterocycles. The van der Waals surface area contributed by atoms with Gasteiger partial charge in [-0.2, -0.15) is 0 Å². The molecular weight excluding hydrogens is 352 g/mol. The molecule has 0 fully saturated rings. The lowest BCUT2D eigenvalue weighted by Gasteiger charge is -2.10. The molecule has 0 aliphatic carbocycles. The van der Waals surface area contributed by atoms with Crippen LogP contribution in [0.4, 0.5) is 0 Å². The quantitative estimate of drug-likeness (QED) is 0.268. The van der Waals surface area contributed by atoms with Gasteiger partial charge in [-0.05, 0) is 36.5 Å². The molecule has 1 aromatic carbocycles. The van der Waals surface area contributed by atoms with Crippen LogP contribution in [0.3, 0.4) is 0 Å². The van der Waals surface area contributed by atoms with Crippen LogP contribution < -0.4 is 0 Å². The molecule has 2 atom stereocenters. The van der Waals surface area contributed by atoms with Gasteiger partial charge in [0.1, 0.15) is 0 Å². The predicted octanol–water partition coefficient (Wildman–Crippen LogP) is 5.66. The molecule has 3 N–H and O–H groups in total. The molecule has 156 valence electrons. The van der Waals surface area contributed by atoms with Crippen molar-refractivity contribution < 1.29 is 20.1 Å². The van der Waals surface area contributed by atoms with Crippen molar-refractivity contribution in [2.75, 3.05) is 0 Å². The number of aliphatic hydroxyl groups excluding tert-OH is 2. The molecule has 0 saturated carbocycles. The maximum atomic E-state index is 10.6. The fourth-order valence-corrected chi connectivity index (χ4v) is 3.07. The highest BCUT2D eigenvalue weighted by Gasteiger charge is 2.08. The zero-order valence-corrected chi connectivity index (χ0v) is 17.1. The second kappa shape index (κ2) is 15.1. The summed E-state index contributed by atoms with van der Waals surface area (Å²) in [5.74, 6) is -0.839. The van der Waals surface area contributed by atoms with Crippen LogP contribution in [0, 0.1) is 0 Å². The number of carbonyl (C=O) groups is 1. The van der Waals surface area contributed by atoms with E-state index in [0.717, 1.165) is 24.0 Å². The summed E-state index contributed by atoms with van der Waals surface area (Å²) in [5, 5.41) is 28.9. The molecule has 28 heavy (non-hydrogen) atoms. The van der Waals surface area contributed by atoms with E-state index in [1.54, 1.807) is 0 Å². The third kappa shape index (κ3) is 11.7. The summed E-state index contributed by atoms with van der Waals surface area (Å²) in [7, 11) is 0. The van der Waals surface area contributed by atoms with Crippen LogP contribution in [0.1, 0.15) is 88.4 Å². The molecule has 0 bridgehead atoms. The van der Waals surface area contributed by atoms with Crippen LogP contribution in [0.15, 0.2) is 42.5 Å². The summed E-state index contributed by atoms with van der Waals surface area (Å²) in [5.41, 5.74) is 1.75. The molecule has 0 aliphatic heterocycles. The number of aliphatic hydroxyl groups is 2. The smallest absolute Gasteiger partial charge is 0.303 e. The first-order chi connectivity index (χ1) is 13.5. The molecule has 1 aromatic rings. The minimum absolute atomic E-state index is 0.0719. The summed E-state index contributed by atoms with van der Waals surface area (Å²) in [6, 6.07) is 7.59. The zero-order valence-electron chi connectivity index (χ0n) is 17.1. The number of carboxylic acids is 1. The van der Waals surface area contributed by atoms with E-state index in [9.17, 15) is 15.0 Å². The number of hydrogen-bond acceptors (Lipinski definition) is 3. The number of unbranched alkanes of at least 4 members (excludes halogenated alkanes) is 5. The Morgan fingerprint density at radius 2 is 1.75 bits per heavy atom. The van der Waals surface area contributed by atoms with Crippen LogP contribution in [0.5, 0.6) is 0 Å². The molecule has 0 amide bonds. The normalized spacial score (nSPS) is 14.0. The van der Waals surface area contributed by atoms with E-state index in [1.807, 2.05) is 48.6 Å². The van der Waals surface area contributed by atoms with Crippen LogP contribution >= 0.6 is 0 Å². The first-order valence-electron chi connectivity index (χ1n) is 10.6. The van der Waals surface area contributed by atoms with Crippen molar-refractivity contribution in [2.45, 2.75) is 83.3 Å². The first-order valence-corrected chi connectivity index (χ1v) is 10.6. The molecule has 0 heterocycles. The molecule has 0 radical (unpaired) electrons. The minimum Gasteiger partial charge on any atom is -0.481 e. The van der Waals surface area contributed by atoms with Gasteiger partial charge in [-0.25, -0.2) is 0 Å². The number of rotatable bonds is 15. The monoisotopic (exact) mass is 388 g/mol. The van der Waals surface area contributed by atoms with Gasteiger partial charge in [0, 0.05) is 6.42 Å². The lowest BCUT2D eigenvalue weighted by Crippen LogP contribution is -2.01. The standard InChI is InChI=1S/C24H36O4/c1-2-3-4-5-6-7-15-22(25)16-9-8-12-20-13-10-14-21(19-20)23(26)17-11-18-24(27)28/h8-10,12-14,16,19,22-23,25-26H,2-7,11,15,17-18H2,1H3,(H,27,28)/b12-8+,16-9+/t22-,23-/m0/s1. The number of allylic oxidation sites excluding steroid dienone is 2. The highest BCUT2D eigenvalue weighted by molar-refractivity contribution is 5.66. The second-order valence-corrected chi connectivity index (χ2v) is 7.34. The van der Waals surface area contributed by atoms with E-state index in [0.29, 0.717) is 12.8 Å². The first kappa shape index (κ1) is 24.1. The topological polar surface area (TPSA) is 77.8 Å². The van der Waals surface area contributed by atoms with Gasteiger partial charge in [-0.15, -0.1) is 0 Å². The van der Waals surface area contributed by atoms with Crippen molar-refractivity contribution in [3.63, 3.8) is 0 Å². The van der Waals surface area contributed by atoms with Gasteiger partial charge in [0.2, 0.25) is 0 Å². The van der Waals surface area contributed by atoms with Gasteiger partial charge in [0.05, 0.1) is 12.2 Å².